The first-order valence-corrected chi connectivity index (χ1v) is 5.83. The van der Waals surface area contributed by atoms with Gasteiger partial charge in [0, 0.05) is 13.0 Å². The third-order valence-corrected chi connectivity index (χ3v) is 1.95. The molecule has 0 aliphatic heterocycles. The molecule has 0 aliphatic rings. The fraction of sp³-hybridized carbons (Fsp3) is 0.917. The van der Waals surface area contributed by atoms with Crippen LogP contribution in [0, 0.1) is 5.92 Å². The van der Waals surface area contributed by atoms with Crippen LogP contribution in [0.15, 0.2) is 0 Å². The molecule has 3 heteroatoms. The van der Waals surface area contributed by atoms with Gasteiger partial charge in [-0.2, -0.15) is 0 Å². The van der Waals surface area contributed by atoms with Gasteiger partial charge in [-0.05, 0) is 19.3 Å². The minimum atomic E-state index is -0.129. The monoisotopic (exact) mass is 216 g/mol. The van der Waals surface area contributed by atoms with Crippen molar-refractivity contribution in [3.05, 3.63) is 0 Å². The molecule has 0 radical (unpaired) electrons. The molecule has 0 fully saturated rings. The molecule has 1 unspecified atom stereocenters. The predicted molar refractivity (Wildman–Crippen MR) is 60.7 cm³/mol. The van der Waals surface area contributed by atoms with Crippen molar-refractivity contribution in [3.8, 4) is 0 Å². The highest BCUT2D eigenvalue weighted by molar-refractivity contribution is 5.69. The summed E-state index contributed by atoms with van der Waals surface area (Å²) < 4.78 is 10.5. The number of rotatable bonds is 8. The summed E-state index contributed by atoms with van der Waals surface area (Å²) in [6.07, 6.45) is 2.68. The Balaban J connectivity index is 3.44. The minimum absolute atomic E-state index is 0.00709. The Morgan fingerprint density at radius 3 is 2.47 bits per heavy atom. The maximum Gasteiger partial charge on any atom is 0.306 e. The van der Waals surface area contributed by atoms with Crippen molar-refractivity contribution in [3.63, 3.8) is 0 Å². The summed E-state index contributed by atoms with van der Waals surface area (Å²) in [5, 5.41) is 0. The van der Waals surface area contributed by atoms with Gasteiger partial charge in [-0.25, -0.2) is 0 Å². The van der Waals surface area contributed by atoms with Crippen LogP contribution in [0.4, 0.5) is 0 Å². The predicted octanol–water partition coefficient (Wildman–Crippen LogP) is 2.78. The van der Waals surface area contributed by atoms with E-state index in [1.54, 1.807) is 0 Å². The van der Waals surface area contributed by atoms with Crippen molar-refractivity contribution in [1.29, 1.82) is 0 Å². The normalized spacial score (nSPS) is 12.9. The molecule has 0 aromatic heterocycles. The first-order valence-electron chi connectivity index (χ1n) is 5.83. The van der Waals surface area contributed by atoms with E-state index < -0.39 is 0 Å². The average Bonchev–Trinajstić information content (AvgIpc) is 2.14. The second-order valence-corrected chi connectivity index (χ2v) is 4.32. The van der Waals surface area contributed by atoms with Gasteiger partial charge < -0.3 is 9.47 Å². The van der Waals surface area contributed by atoms with Crippen LogP contribution in [-0.2, 0) is 14.3 Å². The molecule has 0 aliphatic carbocycles. The van der Waals surface area contributed by atoms with Gasteiger partial charge >= 0.3 is 5.97 Å². The summed E-state index contributed by atoms with van der Waals surface area (Å²) in [4.78, 5) is 11.2. The van der Waals surface area contributed by atoms with Crippen LogP contribution in [-0.4, -0.2) is 25.3 Å². The summed E-state index contributed by atoms with van der Waals surface area (Å²) >= 11 is 0. The highest BCUT2D eigenvalue weighted by Gasteiger charge is 2.08. The lowest BCUT2D eigenvalue weighted by atomic mass is 10.1. The first-order chi connectivity index (χ1) is 7.06. The molecule has 0 rings (SSSR count). The van der Waals surface area contributed by atoms with Gasteiger partial charge in [-0.3, -0.25) is 4.79 Å². The molecule has 0 saturated heterocycles. The number of ether oxygens (including phenoxy) is 2. The Morgan fingerprint density at radius 1 is 1.27 bits per heavy atom. The van der Waals surface area contributed by atoms with Crippen LogP contribution in [0.5, 0.6) is 0 Å². The fourth-order valence-electron chi connectivity index (χ4n) is 1.08. The number of esters is 1. The first kappa shape index (κ1) is 14.4. The molecule has 0 aromatic rings. The van der Waals surface area contributed by atoms with Gasteiger partial charge in [-0.1, -0.05) is 27.2 Å². The summed E-state index contributed by atoms with van der Waals surface area (Å²) in [6, 6.07) is 0. The lowest BCUT2D eigenvalue weighted by molar-refractivity contribution is -0.148. The van der Waals surface area contributed by atoms with Gasteiger partial charge in [-0.15, -0.1) is 0 Å². The minimum Gasteiger partial charge on any atom is -0.463 e. The third kappa shape index (κ3) is 9.73. The molecule has 0 aromatic carbocycles. The van der Waals surface area contributed by atoms with Crippen molar-refractivity contribution in [2.75, 3.05) is 13.2 Å². The summed E-state index contributed by atoms with van der Waals surface area (Å²) in [7, 11) is 0. The van der Waals surface area contributed by atoms with Crippen LogP contribution in [0.3, 0.4) is 0 Å². The molecule has 90 valence electrons. The maximum absolute atomic E-state index is 11.2. The van der Waals surface area contributed by atoms with Crippen LogP contribution in [0.1, 0.15) is 47.0 Å². The van der Waals surface area contributed by atoms with E-state index in [-0.39, 0.29) is 12.1 Å². The van der Waals surface area contributed by atoms with Crippen molar-refractivity contribution in [1.82, 2.24) is 0 Å². The lowest BCUT2D eigenvalue weighted by Gasteiger charge is -2.13. The van der Waals surface area contributed by atoms with E-state index in [0.29, 0.717) is 18.9 Å². The Labute approximate surface area is 93.1 Å². The highest BCUT2D eigenvalue weighted by Crippen LogP contribution is 2.02. The Hall–Kier alpha value is -0.570. The standard InChI is InChI=1S/C12H24O3/c1-5-6-7-14-11(4)9-15-12(13)8-10(2)3/h10-11H,5-9H2,1-4H3. The second kappa shape index (κ2) is 8.72. The molecule has 3 nitrogen and oxygen atoms in total. The zero-order valence-electron chi connectivity index (χ0n) is 10.4. The van der Waals surface area contributed by atoms with Crippen molar-refractivity contribution in [2.24, 2.45) is 5.92 Å². The zero-order chi connectivity index (χ0) is 11.7. The second-order valence-electron chi connectivity index (χ2n) is 4.32. The van der Waals surface area contributed by atoms with E-state index >= 15 is 0 Å². The molecule has 15 heavy (non-hydrogen) atoms. The highest BCUT2D eigenvalue weighted by atomic mass is 16.6. The van der Waals surface area contributed by atoms with E-state index in [9.17, 15) is 4.79 Å². The number of carbonyl (C=O) groups excluding carboxylic acids is 1. The summed E-state index contributed by atoms with van der Waals surface area (Å²) in [6.45, 7) is 9.18. The number of hydrogen-bond donors (Lipinski definition) is 0. The topological polar surface area (TPSA) is 35.5 Å². The molecular weight excluding hydrogens is 192 g/mol. The van der Waals surface area contributed by atoms with E-state index in [0.717, 1.165) is 19.4 Å². The van der Waals surface area contributed by atoms with Gasteiger partial charge in [0.05, 0.1) is 6.10 Å². The van der Waals surface area contributed by atoms with Crippen LogP contribution in [0.25, 0.3) is 0 Å². The van der Waals surface area contributed by atoms with Crippen LogP contribution < -0.4 is 0 Å². The summed E-state index contributed by atoms with van der Waals surface area (Å²) in [5.74, 6) is 0.227. The number of carbonyl (C=O) groups is 1. The lowest BCUT2D eigenvalue weighted by Crippen LogP contribution is -2.20. The van der Waals surface area contributed by atoms with Gasteiger partial charge in [0.1, 0.15) is 6.61 Å². The quantitative estimate of drug-likeness (QED) is 0.462. The van der Waals surface area contributed by atoms with E-state index in [1.807, 2.05) is 20.8 Å². The maximum atomic E-state index is 11.2. The van der Waals surface area contributed by atoms with Crippen LogP contribution >= 0.6 is 0 Å². The fourth-order valence-corrected chi connectivity index (χ4v) is 1.08. The molecule has 0 saturated carbocycles. The SMILES string of the molecule is CCCCOC(C)COC(=O)CC(C)C. The van der Waals surface area contributed by atoms with Crippen molar-refractivity contribution < 1.29 is 14.3 Å². The van der Waals surface area contributed by atoms with Gasteiger partial charge in [0.25, 0.3) is 0 Å². The smallest absolute Gasteiger partial charge is 0.306 e. The molecule has 0 heterocycles. The number of hydrogen-bond acceptors (Lipinski definition) is 3. The van der Waals surface area contributed by atoms with Crippen molar-refractivity contribution >= 4 is 5.97 Å². The van der Waals surface area contributed by atoms with Crippen LogP contribution in [0.2, 0.25) is 0 Å². The average molecular weight is 216 g/mol. The largest absolute Gasteiger partial charge is 0.463 e. The van der Waals surface area contributed by atoms with Gasteiger partial charge in [0.15, 0.2) is 0 Å². The van der Waals surface area contributed by atoms with E-state index in [1.165, 1.54) is 0 Å². The zero-order valence-corrected chi connectivity index (χ0v) is 10.4. The molecule has 0 amide bonds. The van der Waals surface area contributed by atoms with E-state index in [2.05, 4.69) is 6.92 Å². The number of unbranched alkanes of at least 4 members (excludes halogenated alkanes) is 1. The molecular formula is C12H24O3. The Morgan fingerprint density at radius 2 is 1.93 bits per heavy atom. The Bertz CT molecular complexity index is 166. The summed E-state index contributed by atoms with van der Waals surface area (Å²) in [5.41, 5.74) is 0. The molecule has 0 bridgehead atoms. The van der Waals surface area contributed by atoms with E-state index in [4.69, 9.17) is 9.47 Å². The third-order valence-electron chi connectivity index (χ3n) is 1.95. The molecule has 1 atom stereocenters. The van der Waals surface area contributed by atoms with Gasteiger partial charge in [0.2, 0.25) is 0 Å². The van der Waals surface area contributed by atoms with Crippen molar-refractivity contribution in [2.45, 2.75) is 53.1 Å². The Kier molecular flexibility index (Phi) is 8.38. The molecule has 0 N–H and O–H groups in total. The molecule has 0 spiro atoms.